The predicted molar refractivity (Wildman–Crippen MR) is 79.5 cm³/mol. The van der Waals surface area contributed by atoms with Gasteiger partial charge in [-0.25, -0.2) is 0 Å². The number of hydrogen-bond acceptors (Lipinski definition) is 3. The van der Waals surface area contributed by atoms with E-state index in [0.717, 1.165) is 25.7 Å². The van der Waals surface area contributed by atoms with Crippen LogP contribution in [0.2, 0.25) is 0 Å². The van der Waals surface area contributed by atoms with Crippen LogP contribution in [0.4, 0.5) is 0 Å². The highest BCUT2D eigenvalue weighted by atomic mass is 79.9. The summed E-state index contributed by atoms with van der Waals surface area (Å²) in [7, 11) is 0. The normalized spacial score (nSPS) is 28.8. The van der Waals surface area contributed by atoms with Crippen molar-refractivity contribution < 1.29 is 14.3 Å². The van der Waals surface area contributed by atoms with Gasteiger partial charge in [0.25, 0.3) is 5.91 Å². The Morgan fingerprint density at radius 1 is 1.15 bits per heavy atom. The molecule has 20 heavy (non-hydrogen) atoms. The number of rotatable bonds is 2. The maximum atomic E-state index is 12.2. The van der Waals surface area contributed by atoms with Crippen LogP contribution < -0.4 is 14.8 Å². The van der Waals surface area contributed by atoms with Crippen LogP contribution >= 0.6 is 15.9 Å². The minimum atomic E-state index is -0.549. The van der Waals surface area contributed by atoms with Crippen molar-refractivity contribution in [3.8, 4) is 11.5 Å². The van der Waals surface area contributed by atoms with Crippen LogP contribution in [0, 0.1) is 0 Å². The monoisotopic (exact) mass is 339 g/mol. The van der Waals surface area contributed by atoms with Crippen molar-refractivity contribution in [2.75, 3.05) is 6.61 Å². The van der Waals surface area contributed by atoms with Gasteiger partial charge in [0.2, 0.25) is 6.10 Å². The number of carbonyl (C=O) groups is 1. The molecule has 4 nitrogen and oxygen atoms in total. The molecular weight excluding hydrogens is 322 g/mol. The number of nitrogens with one attached hydrogen (secondary N) is 1. The number of alkyl halides is 1. The average molecular weight is 340 g/mol. The molecular formula is C15H18BrNO3. The van der Waals surface area contributed by atoms with Crippen LogP contribution in [0.5, 0.6) is 11.5 Å². The van der Waals surface area contributed by atoms with Crippen molar-refractivity contribution in [1.82, 2.24) is 5.32 Å². The molecule has 1 N–H and O–H groups in total. The zero-order valence-corrected chi connectivity index (χ0v) is 12.8. The van der Waals surface area contributed by atoms with E-state index < -0.39 is 6.10 Å². The van der Waals surface area contributed by atoms with E-state index in [1.165, 1.54) is 0 Å². The first kappa shape index (κ1) is 13.7. The zero-order chi connectivity index (χ0) is 13.9. The van der Waals surface area contributed by atoms with E-state index in [1.54, 1.807) is 0 Å². The van der Waals surface area contributed by atoms with E-state index in [1.807, 2.05) is 24.3 Å². The van der Waals surface area contributed by atoms with Crippen molar-refractivity contribution >= 4 is 21.8 Å². The van der Waals surface area contributed by atoms with Gasteiger partial charge in [-0.2, -0.15) is 0 Å². The summed E-state index contributed by atoms with van der Waals surface area (Å²) in [5.41, 5.74) is 0. The van der Waals surface area contributed by atoms with Crippen molar-refractivity contribution in [2.24, 2.45) is 0 Å². The van der Waals surface area contributed by atoms with Crippen molar-refractivity contribution in [1.29, 1.82) is 0 Å². The molecule has 5 heteroatoms. The van der Waals surface area contributed by atoms with Gasteiger partial charge in [0.15, 0.2) is 11.5 Å². The smallest absolute Gasteiger partial charge is 0.264 e. The molecule has 1 amide bonds. The molecule has 1 aromatic rings. The van der Waals surface area contributed by atoms with E-state index in [4.69, 9.17) is 9.47 Å². The Labute approximate surface area is 127 Å². The fraction of sp³-hybridized carbons (Fsp3) is 0.533. The van der Waals surface area contributed by atoms with E-state index >= 15 is 0 Å². The van der Waals surface area contributed by atoms with Crippen LogP contribution in [0.1, 0.15) is 25.7 Å². The number of carbonyl (C=O) groups excluding carboxylic acids is 1. The van der Waals surface area contributed by atoms with Gasteiger partial charge < -0.3 is 14.8 Å². The van der Waals surface area contributed by atoms with Gasteiger partial charge in [0, 0.05) is 10.9 Å². The summed E-state index contributed by atoms with van der Waals surface area (Å²) in [6.07, 6.45) is 3.70. The molecule has 0 aromatic heterocycles. The fourth-order valence-corrected chi connectivity index (χ4v) is 3.17. The second kappa shape index (κ2) is 6.04. The van der Waals surface area contributed by atoms with Crippen molar-refractivity contribution in [3.63, 3.8) is 0 Å². The zero-order valence-electron chi connectivity index (χ0n) is 11.2. The highest BCUT2D eigenvalue weighted by Crippen LogP contribution is 2.31. The van der Waals surface area contributed by atoms with E-state index in [-0.39, 0.29) is 18.6 Å². The number of amides is 1. The molecule has 0 spiro atoms. The molecule has 0 saturated heterocycles. The molecule has 1 saturated carbocycles. The van der Waals surface area contributed by atoms with Crippen molar-refractivity contribution in [2.45, 2.75) is 42.7 Å². The van der Waals surface area contributed by atoms with Gasteiger partial charge in [0.1, 0.15) is 6.61 Å². The largest absolute Gasteiger partial charge is 0.485 e. The minimum absolute atomic E-state index is 0.0717. The van der Waals surface area contributed by atoms with Gasteiger partial charge in [-0.15, -0.1) is 0 Å². The van der Waals surface area contributed by atoms with Gasteiger partial charge >= 0.3 is 0 Å². The first-order chi connectivity index (χ1) is 9.72. The second-order valence-electron chi connectivity index (χ2n) is 5.32. The Hall–Kier alpha value is -1.23. The van der Waals surface area contributed by atoms with Crippen LogP contribution in [0.15, 0.2) is 24.3 Å². The lowest BCUT2D eigenvalue weighted by molar-refractivity contribution is -0.131. The van der Waals surface area contributed by atoms with Gasteiger partial charge in [0.05, 0.1) is 0 Å². The molecule has 3 rings (SSSR count). The standard InChI is InChI=1S/C15H18BrNO3/c16-10-5-7-11(8-6-10)17-15(18)14-9-19-12-3-1-2-4-13(12)20-14/h1-4,10-11,14H,5-9H2,(H,17,18). The molecule has 1 aliphatic heterocycles. The summed E-state index contributed by atoms with van der Waals surface area (Å²) in [5, 5.41) is 3.08. The second-order valence-corrected chi connectivity index (χ2v) is 6.62. The molecule has 0 radical (unpaired) electrons. The maximum absolute atomic E-state index is 12.2. The third kappa shape index (κ3) is 3.08. The number of benzene rings is 1. The van der Waals surface area contributed by atoms with Crippen LogP contribution in [-0.4, -0.2) is 29.5 Å². The summed E-state index contributed by atoms with van der Waals surface area (Å²) in [5.74, 6) is 1.27. The summed E-state index contributed by atoms with van der Waals surface area (Å²) in [6, 6.07) is 7.70. The van der Waals surface area contributed by atoms with Gasteiger partial charge in [-0.1, -0.05) is 28.1 Å². The Morgan fingerprint density at radius 3 is 2.60 bits per heavy atom. The van der Waals surface area contributed by atoms with Crippen molar-refractivity contribution in [3.05, 3.63) is 24.3 Å². The fourth-order valence-electron chi connectivity index (χ4n) is 2.64. The topological polar surface area (TPSA) is 47.6 Å². The van der Waals surface area contributed by atoms with Gasteiger partial charge in [-0.05, 0) is 37.8 Å². The quantitative estimate of drug-likeness (QED) is 0.842. The Morgan fingerprint density at radius 2 is 1.85 bits per heavy atom. The number of para-hydroxylation sites is 2. The molecule has 1 atom stereocenters. The number of halogens is 1. The summed E-state index contributed by atoms with van der Waals surface area (Å²) >= 11 is 3.62. The summed E-state index contributed by atoms with van der Waals surface area (Å²) < 4.78 is 11.3. The van der Waals surface area contributed by atoms with E-state index in [0.29, 0.717) is 16.3 Å². The SMILES string of the molecule is O=C(NC1CCC(Br)CC1)C1COc2ccccc2O1. The first-order valence-electron chi connectivity index (χ1n) is 7.05. The summed E-state index contributed by atoms with van der Waals surface area (Å²) in [6.45, 7) is 0.274. The molecule has 1 aliphatic carbocycles. The predicted octanol–water partition coefficient (Wildman–Crippen LogP) is 2.65. The number of fused-ring (bicyclic) bond motifs is 1. The van der Waals surface area contributed by atoms with E-state index in [2.05, 4.69) is 21.2 Å². The molecule has 1 aromatic carbocycles. The van der Waals surface area contributed by atoms with Gasteiger partial charge in [-0.3, -0.25) is 4.79 Å². The molecule has 1 heterocycles. The van der Waals surface area contributed by atoms with Crippen LogP contribution in [0.25, 0.3) is 0 Å². The third-order valence-electron chi connectivity index (χ3n) is 3.80. The van der Waals surface area contributed by atoms with Crippen LogP contribution in [0.3, 0.4) is 0 Å². The first-order valence-corrected chi connectivity index (χ1v) is 7.97. The Bertz CT molecular complexity index is 486. The molecule has 1 unspecified atom stereocenters. The highest BCUT2D eigenvalue weighted by Gasteiger charge is 2.29. The van der Waals surface area contributed by atoms with Crippen LogP contribution in [-0.2, 0) is 4.79 Å². The highest BCUT2D eigenvalue weighted by molar-refractivity contribution is 9.09. The molecule has 1 fully saturated rings. The molecule has 108 valence electrons. The third-order valence-corrected chi connectivity index (χ3v) is 4.72. The maximum Gasteiger partial charge on any atom is 0.264 e. The average Bonchev–Trinajstić information content (AvgIpc) is 2.49. The number of hydrogen-bond donors (Lipinski definition) is 1. The summed E-state index contributed by atoms with van der Waals surface area (Å²) in [4.78, 5) is 12.8. The Kier molecular flexibility index (Phi) is 4.15. The lowest BCUT2D eigenvalue weighted by atomic mass is 9.95. The van der Waals surface area contributed by atoms with E-state index in [9.17, 15) is 4.79 Å². The Balaban J connectivity index is 1.56. The lowest BCUT2D eigenvalue weighted by Crippen LogP contribution is -2.48. The molecule has 0 bridgehead atoms. The molecule has 2 aliphatic rings. The minimum Gasteiger partial charge on any atom is -0.485 e. The lowest BCUT2D eigenvalue weighted by Gasteiger charge is -2.30. The number of ether oxygens (including phenoxy) is 2.